The minimum absolute atomic E-state index is 0.310. The molecule has 1 atom stereocenters. The van der Waals surface area contributed by atoms with Crippen molar-refractivity contribution in [3.05, 3.63) is 29.3 Å². The Hall–Kier alpha value is -1.55. The van der Waals surface area contributed by atoms with Crippen LogP contribution in [-0.2, 0) is 0 Å². The smallest absolute Gasteiger partial charge is 0.336 e. The fourth-order valence-corrected chi connectivity index (χ4v) is 1.89. The Kier molecular flexibility index (Phi) is 3.33. The first-order valence-electron chi connectivity index (χ1n) is 5.75. The zero-order valence-corrected chi connectivity index (χ0v) is 10.1. The van der Waals surface area contributed by atoms with Crippen LogP contribution in [0.1, 0.15) is 22.3 Å². The maximum Gasteiger partial charge on any atom is 0.336 e. The standard InChI is InChI=1S/C13H17NO3/c1-9-3-4-11(7-12(9)13(15)16)17-8-10-5-6-14(10)2/h3-4,7,10H,5-6,8H2,1-2H3,(H,15,16). The van der Waals surface area contributed by atoms with Crippen molar-refractivity contribution in [2.45, 2.75) is 19.4 Å². The van der Waals surface area contributed by atoms with E-state index in [1.807, 2.05) is 6.07 Å². The molecule has 1 N–H and O–H groups in total. The zero-order valence-electron chi connectivity index (χ0n) is 10.1. The number of carboxylic acids is 1. The highest BCUT2D eigenvalue weighted by Gasteiger charge is 2.24. The lowest BCUT2D eigenvalue weighted by Gasteiger charge is -2.37. The lowest BCUT2D eigenvalue weighted by Crippen LogP contribution is -2.48. The molecule has 1 aliphatic rings. The summed E-state index contributed by atoms with van der Waals surface area (Å²) in [5.41, 5.74) is 1.06. The van der Waals surface area contributed by atoms with E-state index in [-0.39, 0.29) is 0 Å². The molecule has 1 unspecified atom stereocenters. The first-order valence-corrected chi connectivity index (χ1v) is 5.75. The van der Waals surface area contributed by atoms with Crippen LogP contribution in [0.2, 0.25) is 0 Å². The molecule has 0 bridgehead atoms. The van der Waals surface area contributed by atoms with E-state index < -0.39 is 5.97 Å². The van der Waals surface area contributed by atoms with Gasteiger partial charge in [-0.1, -0.05) is 6.07 Å². The molecule has 0 aromatic heterocycles. The van der Waals surface area contributed by atoms with Crippen LogP contribution in [0.4, 0.5) is 0 Å². The Morgan fingerprint density at radius 1 is 1.59 bits per heavy atom. The molecule has 1 fully saturated rings. The second-order valence-corrected chi connectivity index (χ2v) is 4.52. The monoisotopic (exact) mass is 235 g/mol. The Bertz CT molecular complexity index is 431. The molecular formula is C13H17NO3. The number of hydrogen-bond acceptors (Lipinski definition) is 3. The molecular weight excluding hydrogens is 218 g/mol. The van der Waals surface area contributed by atoms with Crippen molar-refractivity contribution in [1.82, 2.24) is 4.90 Å². The van der Waals surface area contributed by atoms with Crippen LogP contribution < -0.4 is 4.74 Å². The summed E-state index contributed by atoms with van der Waals surface area (Å²) < 4.78 is 5.62. The first-order chi connectivity index (χ1) is 8.08. The van der Waals surface area contributed by atoms with Crippen LogP contribution in [0.5, 0.6) is 5.75 Å². The molecule has 4 nitrogen and oxygen atoms in total. The number of carbonyl (C=O) groups is 1. The Morgan fingerprint density at radius 3 is 2.88 bits per heavy atom. The van der Waals surface area contributed by atoms with Crippen LogP contribution >= 0.6 is 0 Å². The van der Waals surface area contributed by atoms with Crippen molar-refractivity contribution in [2.24, 2.45) is 0 Å². The van der Waals surface area contributed by atoms with Crippen molar-refractivity contribution >= 4 is 5.97 Å². The van der Waals surface area contributed by atoms with Crippen molar-refractivity contribution in [3.63, 3.8) is 0 Å². The van der Waals surface area contributed by atoms with Gasteiger partial charge in [0.05, 0.1) is 5.56 Å². The molecule has 1 aromatic carbocycles. The van der Waals surface area contributed by atoms with Gasteiger partial charge in [0.15, 0.2) is 0 Å². The van der Waals surface area contributed by atoms with Crippen LogP contribution in [0.3, 0.4) is 0 Å². The summed E-state index contributed by atoms with van der Waals surface area (Å²) >= 11 is 0. The number of likely N-dealkylation sites (tertiary alicyclic amines) is 1. The van der Waals surface area contributed by atoms with Crippen LogP contribution in [-0.4, -0.2) is 42.2 Å². The molecule has 1 saturated heterocycles. The highest BCUT2D eigenvalue weighted by molar-refractivity contribution is 5.89. The highest BCUT2D eigenvalue weighted by atomic mass is 16.5. The summed E-state index contributed by atoms with van der Waals surface area (Å²) in [6.07, 6.45) is 1.15. The van der Waals surface area contributed by atoms with Gasteiger partial charge in [-0.25, -0.2) is 4.79 Å². The maximum atomic E-state index is 11.0. The zero-order chi connectivity index (χ0) is 12.4. The third-order valence-corrected chi connectivity index (χ3v) is 3.32. The van der Waals surface area contributed by atoms with E-state index in [0.29, 0.717) is 24.0 Å². The van der Waals surface area contributed by atoms with Crippen molar-refractivity contribution in [1.29, 1.82) is 0 Å². The van der Waals surface area contributed by atoms with Gasteiger partial charge in [-0.05, 0) is 44.6 Å². The maximum absolute atomic E-state index is 11.0. The Balaban J connectivity index is 2.01. The summed E-state index contributed by atoms with van der Waals surface area (Å²) in [6, 6.07) is 5.66. The molecule has 0 radical (unpaired) electrons. The van der Waals surface area contributed by atoms with Gasteiger partial charge in [0, 0.05) is 6.04 Å². The minimum Gasteiger partial charge on any atom is -0.492 e. The number of rotatable bonds is 4. The van der Waals surface area contributed by atoms with Crippen molar-refractivity contribution < 1.29 is 14.6 Å². The van der Waals surface area contributed by atoms with E-state index in [1.54, 1.807) is 19.1 Å². The Morgan fingerprint density at radius 2 is 2.35 bits per heavy atom. The molecule has 92 valence electrons. The third-order valence-electron chi connectivity index (χ3n) is 3.32. The number of aryl methyl sites for hydroxylation is 1. The number of ether oxygens (including phenoxy) is 1. The molecule has 1 heterocycles. The van der Waals surface area contributed by atoms with E-state index >= 15 is 0 Å². The second kappa shape index (κ2) is 4.75. The average molecular weight is 235 g/mol. The minimum atomic E-state index is -0.909. The Labute approximate surface area is 101 Å². The number of aromatic carboxylic acids is 1. The number of benzene rings is 1. The molecule has 0 amide bonds. The van der Waals surface area contributed by atoms with Gasteiger partial charge in [0.2, 0.25) is 0 Å². The van der Waals surface area contributed by atoms with Gasteiger partial charge < -0.3 is 9.84 Å². The summed E-state index contributed by atoms with van der Waals surface area (Å²) in [6.45, 7) is 3.52. The number of likely N-dealkylation sites (N-methyl/N-ethyl adjacent to an activating group) is 1. The first kappa shape index (κ1) is 11.9. The largest absolute Gasteiger partial charge is 0.492 e. The molecule has 17 heavy (non-hydrogen) atoms. The van der Waals surface area contributed by atoms with Gasteiger partial charge in [-0.2, -0.15) is 0 Å². The van der Waals surface area contributed by atoms with Gasteiger partial charge >= 0.3 is 5.97 Å². The summed E-state index contributed by atoms with van der Waals surface area (Å²) in [5.74, 6) is -0.276. The van der Waals surface area contributed by atoms with E-state index in [2.05, 4.69) is 11.9 Å². The molecule has 0 aliphatic carbocycles. The summed E-state index contributed by atoms with van der Waals surface area (Å²) in [4.78, 5) is 13.2. The molecule has 1 aromatic rings. The average Bonchev–Trinajstić information content (AvgIpc) is 2.29. The van der Waals surface area contributed by atoms with Crippen LogP contribution in [0.25, 0.3) is 0 Å². The van der Waals surface area contributed by atoms with Gasteiger partial charge in [0.25, 0.3) is 0 Å². The predicted molar refractivity (Wildman–Crippen MR) is 64.7 cm³/mol. The lowest BCUT2D eigenvalue weighted by molar-refractivity contribution is 0.0691. The van der Waals surface area contributed by atoms with Gasteiger partial charge in [0.1, 0.15) is 12.4 Å². The third kappa shape index (κ3) is 2.58. The quantitative estimate of drug-likeness (QED) is 0.864. The molecule has 1 aliphatic heterocycles. The van der Waals surface area contributed by atoms with E-state index in [0.717, 1.165) is 18.5 Å². The van der Waals surface area contributed by atoms with Crippen LogP contribution in [0, 0.1) is 6.92 Å². The highest BCUT2D eigenvalue weighted by Crippen LogP contribution is 2.20. The van der Waals surface area contributed by atoms with Gasteiger partial charge in [-0.3, -0.25) is 4.90 Å². The summed E-state index contributed by atoms with van der Waals surface area (Å²) in [5, 5.41) is 9.00. The fraction of sp³-hybridized carbons (Fsp3) is 0.462. The van der Waals surface area contributed by atoms with Gasteiger partial charge in [-0.15, -0.1) is 0 Å². The molecule has 0 spiro atoms. The molecule has 4 heteroatoms. The predicted octanol–water partition coefficient (Wildman–Crippen LogP) is 1.78. The number of carboxylic acid groups (broad SMARTS) is 1. The lowest BCUT2D eigenvalue weighted by atomic mass is 10.1. The van der Waals surface area contributed by atoms with Crippen molar-refractivity contribution in [2.75, 3.05) is 20.2 Å². The summed E-state index contributed by atoms with van der Waals surface area (Å²) in [7, 11) is 2.06. The van der Waals surface area contributed by atoms with Crippen molar-refractivity contribution in [3.8, 4) is 5.75 Å². The number of hydrogen-bond donors (Lipinski definition) is 1. The second-order valence-electron chi connectivity index (χ2n) is 4.52. The normalized spacial score (nSPS) is 19.8. The SMILES string of the molecule is Cc1ccc(OCC2CCN2C)cc1C(=O)O. The van der Waals surface area contributed by atoms with Crippen LogP contribution in [0.15, 0.2) is 18.2 Å². The topological polar surface area (TPSA) is 49.8 Å². The molecule has 0 saturated carbocycles. The van der Waals surface area contributed by atoms with E-state index in [1.165, 1.54) is 0 Å². The number of nitrogens with zero attached hydrogens (tertiary/aromatic N) is 1. The molecule has 2 rings (SSSR count). The van der Waals surface area contributed by atoms with E-state index in [9.17, 15) is 4.79 Å². The van der Waals surface area contributed by atoms with E-state index in [4.69, 9.17) is 9.84 Å². The fourth-order valence-electron chi connectivity index (χ4n) is 1.89.